The second-order valence-electron chi connectivity index (χ2n) is 9.15. The fraction of sp³-hybridized carbons (Fsp3) is 0.385. The number of aromatic nitrogens is 3. The first-order chi connectivity index (χ1) is 17.0. The minimum atomic E-state index is 0.183. The Balaban J connectivity index is 1.60. The third kappa shape index (κ3) is 4.64. The number of aromatic amines is 1. The van der Waals surface area contributed by atoms with E-state index in [0.29, 0.717) is 36.8 Å². The van der Waals surface area contributed by atoms with E-state index in [-0.39, 0.29) is 11.9 Å². The number of carbonyl (C=O) groups is 1. The number of nitrogens with one attached hydrogen (secondary N) is 3. The number of benzene rings is 1. The van der Waals surface area contributed by atoms with Gasteiger partial charge in [-0.25, -0.2) is 4.98 Å². The molecule has 0 spiro atoms. The van der Waals surface area contributed by atoms with Crippen LogP contribution in [-0.2, 0) is 9.53 Å². The fourth-order valence-electron chi connectivity index (χ4n) is 4.87. The Bertz CT molecular complexity index is 1220. The summed E-state index contributed by atoms with van der Waals surface area (Å²) in [5.41, 5.74) is 4.59. The number of H-pyrrole nitrogens is 1. The van der Waals surface area contributed by atoms with Gasteiger partial charge in [0.1, 0.15) is 17.5 Å². The summed E-state index contributed by atoms with van der Waals surface area (Å²) in [4.78, 5) is 21.5. The van der Waals surface area contributed by atoms with Gasteiger partial charge in [-0.05, 0) is 61.6 Å². The summed E-state index contributed by atoms with van der Waals surface area (Å²) in [7, 11) is 0. The van der Waals surface area contributed by atoms with Crippen LogP contribution in [0.3, 0.4) is 0 Å². The zero-order chi connectivity index (χ0) is 24.4. The molecule has 0 saturated carbocycles. The molecule has 9 nitrogen and oxygen atoms in total. The van der Waals surface area contributed by atoms with Crippen LogP contribution in [0.1, 0.15) is 37.3 Å². The largest absolute Gasteiger partial charge is 0.377 e. The summed E-state index contributed by atoms with van der Waals surface area (Å²) in [6.45, 7) is 6.98. The van der Waals surface area contributed by atoms with E-state index in [9.17, 15) is 4.79 Å². The Morgan fingerprint density at radius 3 is 2.80 bits per heavy atom. The van der Waals surface area contributed by atoms with Crippen molar-refractivity contribution >= 4 is 35.3 Å². The number of morpholine rings is 1. The second-order valence-corrected chi connectivity index (χ2v) is 9.15. The van der Waals surface area contributed by atoms with Crippen molar-refractivity contribution < 1.29 is 9.53 Å². The second kappa shape index (κ2) is 9.87. The number of pyridine rings is 1. The Morgan fingerprint density at radius 2 is 2.09 bits per heavy atom. The number of carbonyl (C=O) groups excluding carboxylic acids is 1. The van der Waals surface area contributed by atoms with Gasteiger partial charge >= 0.3 is 0 Å². The van der Waals surface area contributed by atoms with Crippen molar-refractivity contribution in [3.63, 3.8) is 0 Å². The van der Waals surface area contributed by atoms with Crippen molar-refractivity contribution in [1.82, 2.24) is 15.2 Å². The third-order valence-corrected chi connectivity index (χ3v) is 6.74. The molecule has 1 atom stereocenters. The highest BCUT2D eigenvalue weighted by Crippen LogP contribution is 2.36. The van der Waals surface area contributed by atoms with E-state index in [2.05, 4.69) is 52.5 Å². The average Bonchev–Trinajstić information content (AvgIpc) is 3.37. The van der Waals surface area contributed by atoms with Gasteiger partial charge in [-0.15, -0.1) is 0 Å². The number of hydrogen-bond donors (Lipinski definition) is 3. The lowest BCUT2D eigenvalue weighted by Gasteiger charge is -2.35. The number of nitrogens with zero attached hydrogens (tertiary/aromatic N) is 4. The van der Waals surface area contributed by atoms with Crippen molar-refractivity contribution in [2.24, 2.45) is 0 Å². The number of rotatable bonds is 6. The number of hydrogen-bond acceptors (Lipinski definition) is 7. The summed E-state index contributed by atoms with van der Waals surface area (Å²) in [5, 5.41) is 18.5. The standard InChI is InChI=1S/C26H31N7O2/c1-17-13-19(33-10-4-3-5-25(33)34)6-7-20(17)21-14-24(32-11-12-35-16-18(32)2)30-26(22(21)15-27)29-23-8-9-28-31-23/h6-9,13-15,18,27H,3-5,10-12,16H2,1-2H3,(H2,28,29,30,31)/t18-/m1/s1. The maximum absolute atomic E-state index is 12.5. The number of ether oxygens (including phenoxy) is 1. The van der Waals surface area contributed by atoms with E-state index < -0.39 is 0 Å². The monoisotopic (exact) mass is 473 g/mol. The highest BCUT2D eigenvalue weighted by molar-refractivity contribution is 5.98. The number of amides is 1. The maximum Gasteiger partial charge on any atom is 0.226 e. The molecule has 3 aromatic rings. The van der Waals surface area contributed by atoms with E-state index >= 15 is 0 Å². The predicted octanol–water partition coefficient (Wildman–Crippen LogP) is 4.26. The molecule has 5 rings (SSSR count). The number of aryl methyl sites for hydroxylation is 1. The van der Waals surface area contributed by atoms with Crippen molar-refractivity contribution in [2.75, 3.05) is 41.4 Å². The minimum Gasteiger partial charge on any atom is -0.377 e. The fourth-order valence-corrected chi connectivity index (χ4v) is 4.87. The smallest absolute Gasteiger partial charge is 0.226 e. The molecule has 0 radical (unpaired) electrons. The minimum absolute atomic E-state index is 0.183. The predicted molar refractivity (Wildman–Crippen MR) is 138 cm³/mol. The molecule has 182 valence electrons. The quantitative estimate of drug-likeness (QED) is 0.462. The van der Waals surface area contributed by atoms with E-state index in [4.69, 9.17) is 15.1 Å². The molecule has 3 N–H and O–H groups in total. The molecule has 2 aliphatic heterocycles. The van der Waals surface area contributed by atoms with E-state index in [1.807, 2.05) is 17.0 Å². The van der Waals surface area contributed by atoms with Gasteiger partial charge in [-0.1, -0.05) is 6.07 Å². The van der Waals surface area contributed by atoms with Crippen LogP contribution in [0.4, 0.5) is 23.1 Å². The third-order valence-electron chi connectivity index (χ3n) is 6.74. The highest BCUT2D eigenvalue weighted by Gasteiger charge is 2.25. The molecule has 0 unspecified atom stereocenters. The molecule has 1 aromatic carbocycles. The Hall–Kier alpha value is -3.72. The molecule has 1 amide bonds. The van der Waals surface area contributed by atoms with Gasteiger partial charge in [-0.2, -0.15) is 5.10 Å². The van der Waals surface area contributed by atoms with E-state index in [0.717, 1.165) is 54.1 Å². The number of anilines is 4. The zero-order valence-electron chi connectivity index (χ0n) is 20.2. The Morgan fingerprint density at radius 1 is 1.20 bits per heavy atom. The van der Waals surface area contributed by atoms with Gasteiger partial charge in [-0.3, -0.25) is 9.89 Å². The van der Waals surface area contributed by atoms with Crippen LogP contribution in [0.5, 0.6) is 0 Å². The van der Waals surface area contributed by atoms with Crippen LogP contribution < -0.4 is 15.1 Å². The van der Waals surface area contributed by atoms with Crippen LogP contribution in [0.25, 0.3) is 11.1 Å². The molecule has 2 aliphatic rings. The molecule has 0 aliphatic carbocycles. The lowest BCUT2D eigenvalue weighted by Crippen LogP contribution is -2.44. The van der Waals surface area contributed by atoms with Crippen molar-refractivity contribution in [3.8, 4) is 11.1 Å². The number of piperidine rings is 1. The molecule has 4 heterocycles. The van der Waals surface area contributed by atoms with Gasteiger partial charge in [0, 0.05) is 43.0 Å². The molecule has 2 fully saturated rings. The van der Waals surface area contributed by atoms with Crippen molar-refractivity contribution in [3.05, 3.63) is 47.7 Å². The molecule has 2 saturated heterocycles. The van der Waals surface area contributed by atoms with Gasteiger partial charge in [0.15, 0.2) is 0 Å². The highest BCUT2D eigenvalue weighted by atomic mass is 16.5. The summed E-state index contributed by atoms with van der Waals surface area (Å²) in [6.07, 6.45) is 5.60. The normalized spacial score (nSPS) is 18.6. The summed E-state index contributed by atoms with van der Waals surface area (Å²) >= 11 is 0. The summed E-state index contributed by atoms with van der Waals surface area (Å²) < 4.78 is 5.64. The van der Waals surface area contributed by atoms with Crippen molar-refractivity contribution in [2.45, 2.75) is 39.2 Å². The van der Waals surface area contributed by atoms with Gasteiger partial charge in [0.2, 0.25) is 5.91 Å². The molecule has 0 bridgehead atoms. The van der Waals surface area contributed by atoms with Crippen LogP contribution in [0.2, 0.25) is 0 Å². The molecular formula is C26H31N7O2. The molecular weight excluding hydrogens is 442 g/mol. The van der Waals surface area contributed by atoms with Crippen LogP contribution >= 0.6 is 0 Å². The zero-order valence-corrected chi connectivity index (χ0v) is 20.2. The summed E-state index contributed by atoms with van der Waals surface area (Å²) in [5.74, 6) is 2.31. The van der Waals surface area contributed by atoms with Crippen molar-refractivity contribution in [1.29, 1.82) is 5.41 Å². The molecule has 35 heavy (non-hydrogen) atoms. The van der Waals surface area contributed by atoms with Gasteiger partial charge in [0.05, 0.1) is 25.5 Å². The summed E-state index contributed by atoms with van der Waals surface area (Å²) in [6, 6.07) is 10.2. The van der Waals surface area contributed by atoms with Gasteiger partial charge < -0.3 is 25.3 Å². The first-order valence-electron chi connectivity index (χ1n) is 12.1. The lowest BCUT2D eigenvalue weighted by molar-refractivity contribution is -0.119. The van der Waals surface area contributed by atoms with Crippen LogP contribution in [0, 0.1) is 12.3 Å². The first-order valence-corrected chi connectivity index (χ1v) is 12.1. The topological polar surface area (TPSA) is 110 Å². The average molecular weight is 474 g/mol. The van der Waals surface area contributed by atoms with Gasteiger partial charge in [0.25, 0.3) is 0 Å². The SMILES string of the molecule is Cc1cc(N2CCCCC2=O)ccc1-c1cc(N2CCOC[C@H]2C)nc(Nc2ccn[nH]2)c1C=N. The van der Waals surface area contributed by atoms with Crippen LogP contribution in [-0.4, -0.2) is 59.6 Å². The van der Waals surface area contributed by atoms with Crippen LogP contribution in [0.15, 0.2) is 36.5 Å². The lowest BCUT2D eigenvalue weighted by atomic mass is 9.95. The maximum atomic E-state index is 12.5. The molecule has 2 aromatic heterocycles. The molecule has 9 heteroatoms. The van der Waals surface area contributed by atoms with E-state index in [1.54, 1.807) is 6.20 Å². The first kappa shape index (κ1) is 23.0. The Labute approximate surface area is 205 Å². The van der Waals surface area contributed by atoms with E-state index in [1.165, 1.54) is 6.21 Å². The Kier molecular flexibility index (Phi) is 6.50.